The minimum Gasteiger partial charge on any atom is -0.312 e. The van der Waals surface area contributed by atoms with Crippen molar-refractivity contribution in [1.82, 2.24) is 14.9 Å². The van der Waals surface area contributed by atoms with Crippen LogP contribution in [-0.2, 0) is 13.1 Å². The molecule has 0 bridgehead atoms. The van der Waals surface area contributed by atoms with Gasteiger partial charge >= 0.3 is 0 Å². The number of imidazole rings is 1. The third kappa shape index (κ3) is 2.66. The highest BCUT2D eigenvalue weighted by molar-refractivity contribution is 7.98. The van der Waals surface area contributed by atoms with Gasteiger partial charge in [0.05, 0.1) is 22.3 Å². The van der Waals surface area contributed by atoms with Gasteiger partial charge in [-0.1, -0.05) is 6.07 Å². The average Bonchev–Trinajstić information content (AvgIpc) is 2.90. The van der Waals surface area contributed by atoms with Crippen LogP contribution >= 0.6 is 11.8 Å². The molecule has 0 radical (unpaired) electrons. The highest BCUT2D eigenvalue weighted by Gasteiger charge is 2.19. The van der Waals surface area contributed by atoms with Crippen molar-refractivity contribution in [2.24, 2.45) is 0 Å². The maximum Gasteiger partial charge on any atom is 0.259 e. The van der Waals surface area contributed by atoms with Gasteiger partial charge in [-0.15, -0.1) is 11.8 Å². The van der Waals surface area contributed by atoms with Crippen molar-refractivity contribution < 1.29 is 9.18 Å². The van der Waals surface area contributed by atoms with E-state index in [1.54, 1.807) is 18.5 Å². The topological polar surface area (TPSA) is 59.0 Å². The summed E-state index contributed by atoms with van der Waals surface area (Å²) in [4.78, 5) is 17.0. The molecular formula is C14H15FN4OS. The zero-order chi connectivity index (χ0) is 14.8. The normalized spacial score (nSPS) is 13.8. The number of hydrogen-bond acceptors (Lipinski definition) is 4. The third-order valence-corrected chi connectivity index (χ3v) is 4.22. The molecule has 1 aromatic carbocycles. The fraction of sp³-hybridized carbons (Fsp3) is 0.286. The Morgan fingerprint density at radius 2 is 2.38 bits per heavy atom. The smallest absolute Gasteiger partial charge is 0.259 e. The quantitative estimate of drug-likeness (QED) is 0.853. The second kappa shape index (κ2) is 5.87. The summed E-state index contributed by atoms with van der Waals surface area (Å²) in [6, 6.07) is 4.51. The Morgan fingerprint density at radius 3 is 3.19 bits per heavy atom. The molecular weight excluding hydrogens is 291 g/mol. The number of fused-ring (bicyclic) bond motifs is 1. The van der Waals surface area contributed by atoms with E-state index in [1.165, 1.54) is 23.9 Å². The lowest BCUT2D eigenvalue weighted by molar-refractivity contribution is 0.102. The van der Waals surface area contributed by atoms with Crippen molar-refractivity contribution in [3.05, 3.63) is 41.5 Å². The van der Waals surface area contributed by atoms with Gasteiger partial charge in [-0.3, -0.25) is 10.1 Å². The summed E-state index contributed by atoms with van der Waals surface area (Å²) < 4.78 is 15.7. The predicted molar refractivity (Wildman–Crippen MR) is 80.1 cm³/mol. The number of aromatic nitrogens is 2. The number of halogens is 1. The molecule has 5 nitrogen and oxygen atoms in total. The molecule has 3 rings (SSSR count). The fourth-order valence-electron chi connectivity index (χ4n) is 2.37. The molecule has 0 unspecified atom stereocenters. The first-order chi connectivity index (χ1) is 10.2. The van der Waals surface area contributed by atoms with Crippen LogP contribution in [0.4, 0.5) is 10.3 Å². The lowest BCUT2D eigenvalue weighted by Crippen LogP contribution is -2.29. The van der Waals surface area contributed by atoms with E-state index >= 15 is 0 Å². The van der Waals surface area contributed by atoms with Gasteiger partial charge in [-0.2, -0.15) is 0 Å². The first kappa shape index (κ1) is 14.1. The molecule has 1 aliphatic heterocycles. The van der Waals surface area contributed by atoms with E-state index in [4.69, 9.17) is 0 Å². The van der Waals surface area contributed by atoms with Crippen molar-refractivity contribution in [3.63, 3.8) is 0 Å². The Kier molecular flexibility index (Phi) is 3.94. The molecule has 2 N–H and O–H groups in total. The van der Waals surface area contributed by atoms with Crippen LogP contribution in [0, 0.1) is 5.82 Å². The SMILES string of the molecule is CSc1c(F)cccc1C(=O)Nc1ncc2n1CCNC2. The number of anilines is 1. The Hall–Kier alpha value is -1.86. The van der Waals surface area contributed by atoms with Gasteiger partial charge in [-0.25, -0.2) is 9.37 Å². The van der Waals surface area contributed by atoms with Crippen LogP contribution in [0.25, 0.3) is 0 Å². The standard InChI is InChI=1S/C14H15FN4OS/c1-21-12-10(3-2-4-11(12)15)13(20)18-14-17-8-9-7-16-5-6-19(9)14/h2-4,8,16H,5-7H2,1H3,(H,17,18,20). The summed E-state index contributed by atoms with van der Waals surface area (Å²) in [5, 5.41) is 6.01. The number of nitrogens with zero attached hydrogens (tertiary/aromatic N) is 2. The molecule has 0 aliphatic carbocycles. The van der Waals surface area contributed by atoms with E-state index in [0.29, 0.717) is 16.4 Å². The molecule has 0 fully saturated rings. The van der Waals surface area contributed by atoms with E-state index < -0.39 is 0 Å². The molecule has 0 atom stereocenters. The summed E-state index contributed by atoms with van der Waals surface area (Å²) in [6.45, 7) is 2.32. The number of rotatable bonds is 3. The molecule has 21 heavy (non-hydrogen) atoms. The summed E-state index contributed by atoms with van der Waals surface area (Å²) in [6.07, 6.45) is 3.49. The van der Waals surface area contributed by atoms with Gasteiger partial charge in [0.15, 0.2) is 0 Å². The van der Waals surface area contributed by atoms with Crippen molar-refractivity contribution in [1.29, 1.82) is 0 Å². The summed E-state index contributed by atoms with van der Waals surface area (Å²) in [5.41, 5.74) is 1.36. The largest absolute Gasteiger partial charge is 0.312 e. The van der Waals surface area contributed by atoms with Gasteiger partial charge in [0, 0.05) is 19.6 Å². The highest BCUT2D eigenvalue weighted by Crippen LogP contribution is 2.25. The van der Waals surface area contributed by atoms with E-state index in [1.807, 2.05) is 4.57 Å². The maximum absolute atomic E-state index is 13.7. The second-order valence-corrected chi connectivity index (χ2v) is 5.49. The van der Waals surface area contributed by atoms with Crippen LogP contribution < -0.4 is 10.6 Å². The van der Waals surface area contributed by atoms with E-state index in [-0.39, 0.29) is 11.7 Å². The zero-order valence-corrected chi connectivity index (χ0v) is 12.3. The third-order valence-electron chi connectivity index (χ3n) is 3.40. The van der Waals surface area contributed by atoms with E-state index in [9.17, 15) is 9.18 Å². The molecule has 0 spiro atoms. The second-order valence-electron chi connectivity index (χ2n) is 4.68. The minimum absolute atomic E-state index is 0.328. The number of carbonyl (C=O) groups excluding carboxylic acids is 1. The van der Waals surface area contributed by atoms with Crippen molar-refractivity contribution >= 4 is 23.6 Å². The Bertz CT molecular complexity index is 686. The Morgan fingerprint density at radius 1 is 1.52 bits per heavy atom. The molecule has 1 aliphatic rings. The monoisotopic (exact) mass is 306 g/mol. The van der Waals surface area contributed by atoms with Gasteiger partial charge in [0.1, 0.15) is 5.82 Å². The van der Waals surface area contributed by atoms with E-state index in [0.717, 1.165) is 25.3 Å². The number of amides is 1. The molecule has 110 valence electrons. The summed E-state index contributed by atoms with van der Waals surface area (Å²) >= 11 is 1.22. The highest BCUT2D eigenvalue weighted by atomic mass is 32.2. The average molecular weight is 306 g/mol. The Balaban J connectivity index is 1.87. The van der Waals surface area contributed by atoms with Crippen LogP contribution in [0.3, 0.4) is 0 Å². The zero-order valence-electron chi connectivity index (χ0n) is 11.5. The number of benzene rings is 1. The van der Waals surface area contributed by atoms with Gasteiger partial charge < -0.3 is 9.88 Å². The molecule has 7 heteroatoms. The van der Waals surface area contributed by atoms with Gasteiger partial charge in [0.25, 0.3) is 5.91 Å². The lowest BCUT2D eigenvalue weighted by atomic mass is 10.2. The number of hydrogen-bond donors (Lipinski definition) is 2. The molecule has 1 aromatic heterocycles. The summed E-state index contributed by atoms with van der Waals surface area (Å²) in [5.74, 6) is -0.219. The van der Waals surface area contributed by atoms with Crippen LogP contribution in [0.1, 0.15) is 16.1 Å². The van der Waals surface area contributed by atoms with Crippen LogP contribution in [0.15, 0.2) is 29.3 Å². The first-order valence-electron chi connectivity index (χ1n) is 6.59. The Labute approximate surface area is 125 Å². The predicted octanol–water partition coefficient (Wildman–Crippen LogP) is 2.10. The number of thioether (sulfide) groups is 1. The number of nitrogens with one attached hydrogen (secondary N) is 2. The lowest BCUT2D eigenvalue weighted by Gasteiger charge is -2.18. The molecule has 0 saturated heterocycles. The van der Waals surface area contributed by atoms with Gasteiger partial charge in [-0.05, 0) is 18.4 Å². The molecule has 1 amide bonds. The van der Waals surface area contributed by atoms with Crippen LogP contribution in [0.5, 0.6) is 0 Å². The van der Waals surface area contributed by atoms with Crippen LogP contribution in [0.2, 0.25) is 0 Å². The minimum atomic E-state index is -0.385. The van der Waals surface area contributed by atoms with Crippen molar-refractivity contribution in [2.75, 3.05) is 18.1 Å². The van der Waals surface area contributed by atoms with Crippen molar-refractivity contribution in [3.8, 4) is 0 Å². The first-order valence-corrected chi connectivity index (χ1v) is 7.82. The molecule has 0 saturated carbocycles. The van der Waals surface area contributed by atoms with Crippen molar-refractivity contribution in [2.45, 2.75) is 18.0 Å². The molecule has 2 aromatic rings. The van der Waals surface area contributed by atoms with E-state index in [2.05, 4.69) is 15.6 Å². The van der Waals surface area contributed by atoms with Crippen LogP contribution in [-0.4, -0.2) is 28.3 Å². The summed E-state index contributed by atoms with van der Waals surface area (Å²) in [7, 11) is 0. The number of carbonyl (C=O) groups is 1. The molecule has 2 heterocycles. The van der Waals surface area contributed by atoms with Gasteiger partial charge in [0.2, 0.25) is 5.95 Å². The fourth-order valence-corrected chi connectivity index (χ4v) is 3.02. The maximum atomic E-state index is 13.7.